The lowest BCUT2D eigenvalue weighted by Crippen LogP contribution is -2.01. The van der Waals surface area contributed by atoms with Gasteiger partial charge in [0.05, 0.1) is 18.9 Å². The van der Waals surface area contributed by atoms with Gasteiger partial charge in [-0.2, -0.15) is 0 Å². The summed E-state index contributed by atoms with van der Waals surface area (Å²) in [7, 11) is 0. The molecule has 1 aliphatic heterocycles. The molecule has 0 saturated carbocycles. The molecule has 2 aliphatic rings. The second-order valence-electron chi connectivity index (χ2n) is 4.95. The number of rotatable bonds is 3. The van der Waals surface area contributed by atoms with Gasteiger partial charge in [-0.05, 0) is 45.1 Å². The Morgan fingerprint density at radius 3 is 2.57 bits per heavy atom. The maximum absolute atomic E-state index is 11.2. The van der Waals surface area contributed by atoms with Crippen molar-refractivity contribution >= 4 is 21.9 Å². The highest BCUT2D eigenvalue weighted by molar-refractivity contribution is 9.10. The zero-order valence-electron chi connectivity index (χ0n) is 11.4. The van der Waals surface area contributed by atoms with E-state index in [1.807, 2.05) is 37.3 Å². The molecule has 3 nitrogen and oxygen atoms in total. The molecule has 0 atom stereocenters. The van der Waals surface area contributed by atoms with E-state index in [-0.39, 0.29) is 6.42 Å². The molecule has 0 spiro atoms. The first-order valence-electron chi connectivity index (χ1n) is 6.53. The Hall–Kier alpha value is -2.07. The van der Waals surface area contributed by atoms with Gasteiger partial charge in [0.2, 0.25) is 0 Å². The lowest BCUT2D eigenvalue weighted by molar-refractivity contribution is -0.136. The monoisotopic (exact) mass is 344 g/mol. The lowest BCUT2D eigenvalue weighted by atomic mass is 9.99. The van der Waals surface area contributed by atoms with Gasteiger partial charge in [-0.1, -0.05) is 30.3 Å². The molecule has 0 saturated heterocycles. The van der Waals surface area contributed by atoms with Crippen molar-refractivity contribution in [2.24, 2.45) is 0 Å². The molecule has 1 aliphatic carbocycles. The van der Waals surface area contributed by atoms with Crippen molar-refractivity contribution in [1.82, 2.24) is 0 Å². The molecule has 0 bridgehead atoms. The van der Waals surface area contributed by atoms with Crippen LogP contribution in [0.5, 0.6) is 0 Å². The van der Waals surface area contributed by atoms with Gasteiger partial charge in [0.1, 0.15) is 0 Å². The number of benzene rings is 1. The minimum atomic E-state index is -0.845. The van der Waals surface area contributed by atoms with Crippen molar-refractivity contribution in [2.75, 3.05) is 0 Å². The van der Waals surface area contributed by atoms with E-state index in [1.54, 1.807) is 12.5 Å². The smallest absolute Gasteiger partial charge is 0.307 e. The standard InChI is InChI=1S/C17H13BrO3/c1-10-8-21-9-13-15(10)12(7-14(19)20)17(18)16(13)11-5-3-2-4-6-11/h2-6,8-9H,7H2,1H3,(H,19,20). The second kappa shape index (κ2) is 5.37. The number of aliphatic carboxylic acids is 1. The van der Waals surface area contributed by atoms with Crippen LogP contribution in [-0.2, 0) is 11.2 Å². The molecule has 1 aromatic carbocycles. The number of carboxylic acids is 1. The summed E-state index contributed by atoms with van der Waals surface area (Å²) in [4.78, 5) is 11.2. The Morgan fingerprint density at radius 1 is 1.19 bits per heavy atom. The van der Waals surface area contributed by atoms with Crippen LogP contribution in [0, 0.1) is 6.92 Å². The van der Waals surface area contributed by atoms with Crippen molar-refractivity contribution in [3.05, 3.63) is 58.5 Å². The van der Waals surface area contributed by atoms with E-state index in [4.69, 9.17) is 4.42 Å². The minimum absolute atomic E-state index is 0.0191. The van der Waals surface area contributed by atoms with Gasteiger partial charge in [0, 0.05) is 15.6 Å². The minimum Gasteiger partial charge on any atom is -0.481 e. The second-order valence-corrected chi connectivity index (χ2v) is 5.74. The fraction of sp³-hybridized carbons (Fsp3) is 0.118. The molecule has 106 valence electrons. The third kappa shape index (κ3) is 2.36. The Morgan fingerprint density at radius 2 is 1.90 bits per heavy atom. The summed E-state index contributed by atoms with van der Waals surface area (Å²) in [5.41, 5.74) is 5.64. The molecule has 0 unspecified atom stereocenters. The summed E-state index contributed by atoms with van der Waals surface area (Å²) in [6.45, 7) is 1.93. The number of fused-ring (bicyclic) bond motifs is 1. The summed E-state index contributed by atoms with van der Waals surface area (Å²) in [6.07, 6.45) is 3.31. The van der Waals surface area contributed by atoms with Crippen molar-refractivity contribution in [3.8, 4) is 22.3 Å². The molecule has 0 amide bonds. The van der Waals surface area contributed by atoms with Crippen LogP contribution < -0.4 is 0 Å². The van der Waals surface area contributed by atoms with Crippen molar-refractivity contribution in [2.45, 2.75) is 13.3 Å². The van der Waals surface area contributed by atoms with Gasteiger partial charge in [-0.3, -0.25) is 4.79 Å². The number of aryl methyl sites for hydroxylation is 1. The van der Waals surface area contributed by atoms with Crippen LogP contribution in [0.4, 0.5) is 0 Å². The van der Waals surface area contributed by atoms with Crippen LogP contribution >= 0.6 is 15.9 Å². The summed E-state index contributed by atoms with van der Waals surface area (Å²) in [6, 6.07) is 9.89. The van der Waals surface area contributed by atoms with E-state index >= 15 is 0 Å². The largest absolute Gasteiger partial charge is 0.481 e. The topological polar surface area (TPSA) is 50.4 Å². The van der Waals surface area contributed by atoms with E-state index < -0.39 is 5.97 Å². The summed E-state index contributed by atoms with van der Waals surface area (Å²) < 4.78 is 6.22. The molecule has 0 aromatic heterocycles. The number of hydrogen-bond acceptors (Lipinski definition) is 2. The van der Waals surface area contributed by atoms with E-state index in [2.05, 4.69) is 15.9 Å². The average Bonchev–Trinajstić information content (AvgIpc) is 2.73. The predicted octanol–water partition coefficient (Wildman–Crippen LogP) is 4.75. The van der Waals surface area contributed by atoms with E-state index in [0.717, 1.165) is 37.9 Å². The number of halogens is 1. The third-order valence-electron chi connectivity index (χ3n) is 3.54. The Bertz CT molecular complexity index is 774. The van der Waals surface area contributed by atoms with Crippen LogP contribution in [0.15, 0.2) is 51.7 Å². The highest BCUT2D eigenvalue weighted by atomic mass is 79.9. The average molecular weight is 345 g/mol. The summed E-state index contributed by atoms with van der Waals surface area (Å²) in [5.74, 6) is -0.845. The lowest BCUT2D eigenvalue weighted by Gasteiger charge is -2.07. The van der Waals surface area contributed by atoms with Gasteiger partial charge in [0.25, 0.3) is 0 Å². The van der Waals surface area contributed by atoms with Gasteiger partial charge < -0.3 is 9.52 Å². The molecule has 3 rings (SSSR count). The van der Waals surface area contributed by atoms with Crippen molar-refractivity contribution in [1.29, 1.82) is 0 Å². The van der Waals surface area contributed by atoms with Gasteiger partial charge >= 0.3 is 5.97 Å². The summed E-state index contributed by atoms with van der Waals surface area (Å²) >= 11 is 3.59. The van der Waals surface area contributed by atoms with Gasteiger partial charge in [-0.25, -0.2) is 0 Å². The zero-order chi connectivity index (χ0) is 15.0. The molecular weight excluding hydrogens is 332 g/mol. The predicted molar refractivity (Wildman–Crippen MR) is 84.5 cm³/mol. The molecule has 1 N–H and O–H groups in total. The van der Waals surface area contributed by atoms with Crippen LogP contribution in [0.2, 0.25) is 0 Å². The number of carboxylic acid groups (broad SMARTS) is 1. The highest BCUT2D eigenvalue weighted by Crippen LogP contribution is 2.47. The molecule has 21 heavy (non-hydrogen) atoms. The van der Waals surface area contributed by atoms with Crippen LogP contribution in [0.3, 0.4) is 0 Å². The molecule has 1 aromatic rings. The van der Waals surface area contributed by atoms with Crippen molar-refractivity contribution in [3.63, 3.8) is 0 Å². The third-order valence-corrected chi connectivity index (χ3v) is 4.42. The fourth-order valence-electron chi connectivity index (χ4n) is 2.70. The molecular formula is C17H13BrO3. The quantitative estimate of drug-likeness (QED) is 0.745. The van der Waals surface area contributed by atoms with Crippen molar-refractivity contribution < 1.29 is 14.3 Å². The van der Waals surface area contributed by atoms with Gasteiger partial charge in [-0.15, -0.1) is 0 Å². The molecule has 1 heterocycles. The zero-order valence-corrected chi connectivity index (χ0v) is 13.0. The SMILES string of the molecule is Cc1cocc2c(-c3ccccc3)c(Br)c(CC(=O)O)c1-2. The first-order chi connectivity index (χ1) is 10.1. The first-order valence-corrected chi connectivity index (χ1v) is 7.33. The van der Waals surface area contributed by atoms with E-state index in [9.17, 15) is 9.90 Å². The maximum Gasteiger partial charge on any atom is 0.307 e. The van der Waals surface area contributed by atoms with Crippen LogP contribution in [-0.4, -0.2) is 11.1 Å². The van der Waals surface area contributed by atoms with Crippen LogP contribution in [0.25, 0.3) is 22.3 Å². The normalized spacial score (nSPS) is 11.0. The van der Waals surface area contributed by atoms with Crippen LogP contribution in [0.1, 0.15) is 11.1 Å². The Kier molecular flexibility index (Phi) is 3.55. The molecule has 0 radical (unpaired) electrons. The first kappa shape index (κ1) is 13.9. The summed E-state index contributed by atoms with van der Waals surface area (Å²) in [5, 5.41) is 9.18. The van der Waals surface area contributed by atoms with E-state index in [0.29, 0.717) is 0 Å². The number of hydrogen-bond donors (Lipinski definition) is 1. The Labute approximate surface area is 130 Å². The maximum atomic E-state index is 11.2. The van der Waals surface area contributed by atoms with Gasteiger partial charge in [0.15, 0.2) is 0 Å². The van der Waals surface area contributed by atoms with E-state index in [1.165, 1.54) is 0 Å². The molecule has 4 heteroatoms. The Balaban J connectivity index is 2.33. The fourth-order valence-corrected chi connectivity index (χ4v) is 3.48. The molecule has 0 fully saturated rings. The highest BCUT2D eigenvalue weighted by Gasteiger charge is 2.26. The number of carbonyl (C=O) groups is 1.